The number of hydrogen-bond acceptors (Lipinski definition) is 3. The molecule has 4 aromatic rings. The second-order valence-corrected chi connectivity index (χ2v) is 8.87. The first-order chi connectivity index (χ1) is 15.5. The van der Waals surface area contributed by atoms with E-state index >= 15 is 0 Å². The first kappa shape index (κ1) is 20.5. The van der Waals surface area contributed by atoms with Crippen molar-refractivity contribution in [2.24, 2.45) is 7.05 Å². The van der Waals surface area contributed by atoms with E-state index in [2.05, 4.69) is 16.7 Å². The third-order valence-electron chi connectivity index (χ3n) is 6.28. The van der Waals surface area contributed by atoms with Gasteiger partial charge in [0.05, 0.1) is 17.7 Å². The van der Waals surface area contributed by atoms with E-state index in [4.69, 9.17) is 0 Å². The Labute approximate surface area is 189 Å². The molecule has 1 amide bonds. The number of rotatable bonds is 3. The van der Waals surface area contributed by atoms with Gasteiger partial charge < -0.3 is 14.6 Å². The molecule has 2 aromatic heterocycles. The lowest BCUT2D eigenvalue weighted by Gasteiger charge is -2.25. The molecule has 0 fully saturated rings. The van der Waals surface area contributed by atoms with Gasteiger partial charge in [0.2, 0.25) is 0 Å². The molecule has 162 valence electrons. The van der Waals surface area contributed by atoms with Gasteiger partial charge in [-0.15, -0.1) is 11.8 Å². The van der Waals surface area contributed by atoms with Crippen LogP contribution in [0.1, 0.15) is 11.3 Å². The van der Waals surface area contributed by atoms with Crippen LogP contribution < -0.4 is 5.56 Å². The highest BCUT2D eigenvalue weighted by Crippen LogP contribution is 2.31. The van der Waals surface area contributed by atoms with E-state index in [1.807, 2.05) is 55.9 Å². The molecule has 2 aromatic carbocycles. The summed E-state index contributed by atoms with van der Waals surface area (Å²) >= 11 is 1.69. The molecule has 7 heteroatoms. The van der Waals surface area contributed by atoms with E-state index < -0.39 is 6.09 Å². The minimum atomic E-state index is -0.892. The van der Waals surface area contributed by atoms with Crippen molar-refractivity contribution in [1.82, 2.24) is 14.0 Å². The van der Waals surface area contributed by atoms with Crippen molar-refractivity contribution in [3.05, 3.63) is 82.4 Å². The largest absolute Gasteiger partial charge is 0.465 e. The summed E-state index contributed by atoms with van der Waals surface area (Å²) in [6.45, 7) is 0.886. The topological polar surface area (TPSA) is 67.5 Å². The summed E-state index contributed by atoms with van der Waals surface area (Å²) in [6.07, 6.45) is 3.66. The van der Waals surface area contributed by atoms with Gasteiger partial charge >= 0.3 is 6.09 Å². The molecule has 0 atom stereocenters. The SMILES string of the molecule is CSc1ccc(-c2ccn(-c3ccc4c5c(n(C)c4c3)CN(C(=O)O)CC5)c(=O)c2)cc1. The monoisotopic (exact) mass is 445 g/mol. The van der Waals surface area contributed by atoms with Crippen molar-refractivity contribution in [2.75, 3.05) is 12.8 Å². The van der Waals surface area contributed by atoms with E-state index in [1.165, 1.54) is 15.4 Å². The highest BCUT2D eigenvalue weighted by atomic mass is 32.2. The van der Waals surface area contributed by atoms with Crippen molar-refractivity contribution in [2.45, 2.75) is 17.9 Å². The average molecular weight is 446 g/mol. The van der Waals surface area contributed by atoms with Gasteiger partial charge in [-0.05, 0) is 59.7 Å². The summed E-state index contributed by atoms with van der Waals surface area (Å²) in [7, 11) is 1.96. The number of fused-ring (bicyclic) bond motifs is 3. The molecule has 6 nitrogen and oxygen atoms in total. The van der Waals surface area contributed by atoms with Crippen LogP contribution in [0.15, 0.2) is 70.5 Å². The molecule has 1 aliphatic rings. The number of carbonyl (C=O) groups is 1. The van der Waals surface area contributed by atoms with Crippen molar-refractivity contribution >= 4 is 28.8 Å². The van der Waals surface area contributed by atoms with Crippen LogP contribution in [0.3, 0.4) is 0 Å². The minimum Gasteiger partial charge on any atom is -0.465 e. The Morgan fingerprint density at radius 3 is 2.50 bits per heavy atom. The van der Waals surface area contributed by atoms with Crippen molar-refractivity contribution in [1.29, 1.82) is 0 Å². The summed E-state index contributed by atoms with van der Waals surface area (Å²) in [5, 5.41) is 10.5. The number of hydrogen-bond donors (Lipinski definition) is 1. The predicted octanol–water partition coefficient (Wildman–Crippen LogP) is 4.75. The molecule has 0 bridgehead atoms. The molecule has 32 heavy (non-hydrogen) atoms. The van der Waals surface area contributed by atoms with Gasteiger partial charge in [-0.1, -0.05) is 18.2 Å². The third kappa shape index (κ3) is 3.39. The third-order valence-corrected chi connectivity index (χ3v) is 7.03. The molecule has 5 rings (SSSR count). The summed E-state index contributed by atoms with van der Waals surface area (Å²) in [5.74, 6) is 0. The smallest absolute Gasteiger partial charge is 0.407 e. The van der Waals surface area contributed by atoms with Gasteiger partial charge in [0.15, 0.2) is 0 Å². The van der Waals surface area contributed by atoms with Crippen molar-refractivity contribution in [3.8, 4) is 16.8 Å². The van der Waals surface area contributed by atoms with Crippen LogP contribution in [-0.4, -0.2) is 38.0 Å². The standard InChI is InChI=1S/C25H23N3O3S/c1-26-22-14-18(5-8-20(22)21-10-11-27(25(30)31)15-23(21)26)28-12-9-17(13-24(28)29)16-3-6-19(32-2)7-4-16/h3-9,12-14H,10-11,15H2,1-2H3,(H,30,31). The van der Waals surface area contributed by atoms with E-state index in [0.717, 1.165) is 33.4 Å². The second kappa shape index (κ2) is 7.91. The number of amides is 1. The molecule has 1 N–H and O–H groups in total. The van der Waals surface area contributed by atoms with Crippen LogP contribution in [-0.2, 0) is 20.0 Å². The summed E-state index contributed by atoms with van der Waals surface area (Å²) in [6, 6.07) is 17.8. The average Bonchev–Trinajstić information content (AvgIpc) is 3.10. The molecule has 0 saturated heterocycles. The highest BCUT2D eigenvalue weighted by molar-refractivity contribution is 7.98. The van der Waals surface area contributed by atoms with Crippen molar-refractivity contribution in [3.63, 3.8) is 0 Å². The number of thioether (sulfide) groups is 1. The lowest BCUT2D eigenvalue weighted by atomic mass is 10.0. The Bertz CT molecular complexity index is 1400. The van der Waals surface area contributed by atoms with Crippen LogP contribution in [0.2, 0.25) is 0 Å². The molecule has 0 spiro atoms. The zero-order valence-corrected chi connectivity index (χ0v) is 18.7. The van der Waals surface area contributed by atoms with E-state index in [-0.39, 0.29) is 5.56 Å². The first-order valence-corrected chi connectivity index (χ1v) is 11.6. The maximum atomic E-state index is 13.0. The van der Waals surface area contributed by atoms with Gasteiger partial charge in [-0.2, -0.15) is 0 Å². The van der Waals surface area contributed by atoms with Crippen LogP contribution in [0.4, 0.5) is 4.79 Å². The van der Waals surface area contributed by atoms with E-state index in [0.29, 0.717) is 19.5 Å². The number of nitrogens with zero attached hydrogens (tertiary/aromatic N) is 3. The fraction of sp³-hybridized carbons (Fsp3) is 0.200. The van der Waals surface area contributed by atoms with Crippen LogP contribution in [0, 0.1) is 0 Å². The zero-order chi connectivity index (χ0) is 22.4. The van der Waals surface area contributed by atoms with E-state index in [9.17, 15) is 14.7 Å². The second-order valence-electron chi connectivity index (χ2n) is 7.99. The Kier molecular flexibility index (Phi) is 5.06. The summed E-state index contributed by atoms with van der Waals surface area (Å²) in [5.41, 5.74) is 5.82. The summed E-state index contributed by atoms with van der Waals surface area (Å²) in [4.78, 5) is 27.0. The van der Waals surface area contributed by atoms with Gasteiger partial charge in [-0.3, -0.25) is 9.36 Å². The van der Waals surface area contributed by atoms with Crippen molar-refractivity contribution < 1.29 is 9.90 Å². The van der Waals surface area contributed by atoms with Crippen LogP contribution in [0.25, 0.3) is 27.7 Å². The normalized spacial score (nSPS) is 13.4. The predicted molar refractivity (Wildman–Crippen MR) is 128 cm³/mol. The highest BCUT2D eigenvalue weighted by Gasteiger charge is 2.25. The molecule has 0 radical (unpaired) electrons. The molecular weight excluding hydrogens is 422 g/mol. The van der Waals surface area contributed by atoms with Crippen LogP contribution >= 0.6 is 11.8 Å². The van der Waals surface area contributed by atoms with Gasteiger partial charge in [-0.25, -0.2) is 4.79 Å². The van der Waals surface area contributed by atoms with E-state index in [1.54, 1.807) is 22.4 Å². The fourth-order valence-electron chi connectivity index (χ4n) is 4.51. The zero-order valence-electron chi connectivity index (χ0n) is 17.9. The van der Waals surface area contributed by atoms with Gasteiger partial charge in [0.1, 0.15) is 0 Å². The fourth-order valence-corrected chi connectivity index (χ4v) is 4.92. The van der Waals surface area contributed by atoms with Crippen LogP contribution in [0.5, 0.6) is 0 Å². The quantitative estimate of drug-likeness (QED) is 0.462. The Morgan fingerprint density at radius 2 is 1.81 bits per heavy atom. The Hall–Kier alpha value is -3.45. The number of benzene rings is 2. The number of aryl methyl sites for hydroxylation is 1. The Balaban J connectivity index is 1.53. The minimum absolute atomic E-state index is 0.0909. The molecule has 0 aliphatic carbocycles. The van der Waals surface area contributed by atoms with Gasteiger partial charge in [0, 0.05) is 41.8 Å². The number of pyridine rings is 1. The maximum Gasteiger partial charge on any atom is 0.407 e. The van der Waals surface area contributed by atoms with Gasteiger partial charge in [0.25, 0.3) is 5.56 Å². The maximum absolute atomic E-state index is 13.0. The molecular formula is C25H23N3O3S. The Morgan fingerprint density at radius 1 is 1.03 bits per heavy atom. The summed E-state index contributed by atoms with van der Waals surface area (Å²) < 4.78 is 3.70. The molecule has 3 heterocycles. The molecule has 0 unspecified atom stereocenters. The lowest BCUT2D eigenvalue weighted by molar-refractivity contribution is 0.139. The lowest BCUT2D eigenvalue weighted by Crippen LogP contribution is -2.35. The number of carboxylic acid groups (broad SMARTS) is 1. The number of aromatic nitrogens is 2. The molecule has 1 aliphatic heterocycles. The molecule has 0 saturated carbocycles. The first-order valence-electron chi connectivity index (χ1n) is 10.4.